The fourth-order valence-electron chi connectivity index (χ4n) is 0.818. The summed E-state index contributed by atoms with van der Waals surface area (Å²) in [5.41, 5.74) is 0. The van der Waals surface area contributed by atoms with Gasteiger partial charge in [-0.1, -0.05) is 13.0 Å². The Bertz CT molecular complexity index is 228. The molecule has 0 fully saturated rings. The van der Waals surface area contributed by atoms with Crippen molar-refractivity contribution in [3.8, 4) is 0 Å². The summed E-state index contributed by atoms with van der Waals surface area (Å²) in [5, 5.41) is 11.1. The maximum absolute atomic E-state index is 8.96. The van der Waals surface area contributed by atoms with E-state index >= 15 is 0 Å². The lowest BCUT2D eigenvalue weighted by molar-refractivity contribution is 0.509. The van der Waals surface area contributed by atoms with Crippen LogP contribution in [0.4, 0.5) is 0 Å². The topological polar surface area (TPSA) is 20.2 Å². The zero-order valence-electron chi connectivity index (χ0n) is 6.28. The van der Waals surface area contributed by atoms with Crippen molar-refractivity contribution in [1.29, 1.82) is 0 Å². The van der Waals surface area contributed by atoms with Crippen LogP contribution in [0.5, 0.6) is 0 Å². The zero-order chi connectivity index (χ0) is 8.27. The van der Waals surface area contributed by atoms with E-state index in [1.165, 1.54) is 4.88 Å². The monoisotopic (exact) mass is 186 g/mol. The first kappa shape index (κ1) is 8.68. The molecule has 1 N–H and O–H groups in total. The van der Waals surface area contributed by atoms with Crippen LogP contribution in [-0.2, 0) is 6.42 Å². The molecule has 0 saturated carbocycles. The predicted octanol–water partition coefficient (Wildman–Crippen LogP) is 2.81. The van der Waals surface area contributed by atoms with Crippen LogP contribution in [-0.4, -0.2) is 10.2 Å². The van der Waals surface area contributed by atoms with Gasteiger partial charge in [-0.05, 0) is 30.1 Å². The number of thiophene rings is 1. The fourth-order valence-corrected chi connectivity index (χ4v) is 1.74. The quantitative estimate of drug-likeness (QED) is 0.732. The Morgan fingerprint density at radius 2 is 2.55 bits per heavy atom. The van der Waals surface area contributed by atoms with Crippen LogP contribution in [0.3, 0.4) is 0 Å². The molecular weight excluding hydrogens is 176 g/mol. The third kappa shape index (κ3) is 2.60. The van der Waals surface area contributed by atoms with Gasteiger partial charge in [0.2, 0.25) is 0 Å². The summed E-state index contributed by atoms with van der Waals surface area (Å²) < 4.78 is 0. The van der Waals surface area contributed by atoms with Gasteiger partial charge in [-0.3, -0.25) is 0 Å². The molecule has 0 radical (unpaired) electrons. The minimum Gasteiger partial charge on any atom is -0.502 e. The molecule has 0 aliphatic carbocycles. The molecule has 1 heterocycles. The third-order valence-electron chi connectivity index (χ3n) is 1.51. The molecule has 1 rings (SSSR count). The highest BCUT2D eigenvalue weighted by Gasteiger charge is 2.07. The van der Waals surface area contributed by atoms with Crippen LogP contribution >= 0.6 is 23.6 Å². The van der Waals surface area contributed by atoms with Gasteiger partial charge in [0.15, 0.2) is 5.05 Å². The average Bonchev–Trinajstić information content (AvgIpc) is 2.39. The van der Waals surface area contributed by atoms with Crippen molar-refractivity contribution in [2.24, 2.45) is 5.92 Å². The molecule has 1 aromatic heterocycles. The number of thiocarbonyl (C=S) groups is 1. The molecule has 0 aromatic carbocycles. The Labute approximate surface area is 75.7 Å². The fraction of sp³-hybridized carbons (Fsp3) is 0.375. The average molecular weight is 186 g/mol. The van der Waals surface area contributed by atoms with Crippen molar-refractivity contribution in [1.82, 2.24) is 0 Å². The molecule has 0 aliphatic rings. The van der Waals surface area contributed by atoms with E-state index < -0.39 is 0 Å². The molecule has 0 spiro atoms. The van der Waals surface area contributed by atoms with Gasteiger partial charge in [0.05, 0.1) is 0 Å². The second-order valence-electron chi connectivity index (χ2n) is 2.52. The van der Waals surface area contributed by atoms with Gasteiger partial charge in [-0.15, -0.1) is 11.3 Å². The van der Waals surface area contributed by atoms with Crippen molar-refractivity contribution in [3.63, 3.8) is 0 Å². The minimum atomic E-state index is 0.101. The lowest BCUT2D eigenvalue weighted by Gasteiger charge is -2.04. The van der Waals surface area contributed by atoms with Gasteiger partial charge in [0.25, 0.3) is 0 Å². The van der Waals surface area contributed by atoms with Gasteiger partial charge in [0, 0.05) is 10.8 Å². The van der Waals surface area contributed by atoms with Crippen molar-refractivity contribution in [2.45, 2.75) is 13.3 Å². The molecule has 0 bridgehead atoms. The van der Waals surface area contributed by atoms with Crippen molar-refractivity contribution >= 4 is 28.6 Å². The van der Waals surface area contributed by atoms with Gasteiger partial charge in [-0.25, -0.2) is 0 Å². The molecule has 3 heteroatoms. The van der Waals surface area contributed by atoms with E-state index in [0.717, 1.165) is 6.42 Å². The van der Waals surface area contributed by atoms with Crippen LogP contribution in [0.25, 0.3) is 0 Å². The predicted molar refractivity (Wildman–Crippen MR) is 52.4 cm³/mol. The standard InChI is InChI=1S/C8H10OS2/c1-6(8(9)10)5-7-3-2-4-11-7/h2-4,6H,5H2,1H3,(H,9,10). The molecule has 1 atom stereocenters. The first-order valence-corrected chi connectivity index (χ1v) is 4.74. The van der Waals surface area contributed by atoms with E-state index in [-0.39, 0.29) is 11.0 Å². The van der Waals surface area contributed by atoms with Crippen LogP contribution in [0, 0.1) is 5.92 Å². The Morgan fingerprint density at radius 1 is 1.82 bits per heavy atom. The molecule has 11 heavy (non-hydrogen) atoms. The molecule has 1 aromatic rings. The lowest BCUT2D eigenvalue weighted by atomic mass is 10.1. The number of aliphatic hydroxyl groups is 1. The minimum absolute atomic E-state index is 0.101. The molecule has 0 saturated heterocycles. The highest BCUT2D eigenvalue weighted by atomic mass is 32.1. The van der Waals surface area contributed by atoms with Crippen LogP contribution in [0.15, 0.2) is 17.5 Å². The van der Waals surface area contributed by atoms with Crippen LogP contribution < -0.4 is 0 Å². The van der Waals surface area contributed by atoms with Crippen molar-refractivity contribution in [2.75, 3.05) is 0 Å². The maximum atomic E-state index is 8.96. The van der Waals surface area contributed by atoms with Gasteiger partial charge >= 0.3 is 0 Å². The first-order valence-electron chi connectivity index (χ1n) is 3.45. The molecule has 0 amide bonds. The highest BCUT2D eigenvalue weighted by molar-refractivity contribution is 7.80. The van der Waals surface area contributed by atoms with E-state index in [9.17, 15) is 0 Å². The molecule has 0 aliphatic heterocycles. The molecular formula is C8H10OS2. The third-order valence-corrected chi connectivity index (χ3v) is 2.81. The largest absolute Gasteiger partial charge is 0.502 e. The Hall–Kier alpha value is -0.410. The number of hydrogen-bond donors (Lipinski definition) is 1. The second-order valence-corrected chi connectivity index (χ2v) is 3.97. The molecule has 1 unspecified atom stereocenters. The summed E-state index contributed by atoms with van der Waals surface area (Å²) in [6.07, 6.45) is 0.854. The van der Waals surface area contributed by atoms with Gasteiger partial charge in [-0.2, -0.15) is 0 Å². The number of rotatable bonds is 3. The Balaban J connectivity index is 2.50. The zero-order valence-corrected chi connectivity index (χ0v) is 7.91. The lowest BCUT2D eigenvalue weighted by Crippen LogP contribution is -2.09. The van der Waals surface area contributed by atoms with E-state index in [0.29, 0.717) is 0 Å². The van der Waals surface area contributed by atoms with E-state index in [1.54, 1.807) is 11.3 Å². The van der Waals surface area contributed by atoms with Crippen LogP contribution in [0.2, 0.25) is 0 Å². The Kier molecular flexibility index (Phi) is 3.02. The molecule has 1 nitrogen and oxygen atoms in total. The maximum Gasteiger partial charge on any atom is 0.159 e. The van der Waals surface area contributed by atoms with Crippen molar-refractivity contribution < 1.29 is 5.11 Å². The number of hydrogen-bond acceptors (Lipinski definition) is 2. The van der Waals surface area contributed by atoms with E-state index in [4.69, 9.17) is 5.11 Å². The van der Waals surface area contributed by atoms with Gasteiger partial charge < -0.3 is 5.11 Å². The number of aliphatic hydroxyl groups excluding tert-OH is 1. The van der Waals surface area contributed by atoms with Crippen molar-refractivity contribution in [3.05, 3.63) is 22.4 Å². The summed E-state index contributed by atoms with van der Waals surface area (Å²) in [4.78, 5) is 1.27. The normalized spacial score (nSPS) is 12.8. The first-order chi connectivity index (χ1) is 5.20. The van der Waals surface area contributed by atoms with E-state index in [1.807, 2.05) is 18.4 Å². The summed E-state index contributed by atoms with van der Waals surface area (Å²) >= 11 is 6.35. The highest BCUT2D eigenvalue weighted by Crippen LogP contribution is 2.14. The SMILES string of the molecule is CC(Cc1cccs1)C(O)=S. The summed E-state index contributed by atoms with van der Waals surface area (Å²) in [5.74, 6) is 0.101. The van der Waals surface area contributed by atoms with E-state index in [2.05, 4.69) is 18.3 Å². The summed E-state index contributed by atoms with van der Waals surface area (Å²) in [6.45, 7) is 1.93. The summed E-state index contributed by atoms with van der Waals surface area (Å²) in [6, 6.07) is 4.06. The summed E-state index contributed by atoms with van der Waals surface area (Å²) in [7, 11) is 0. The Morgan fingerprint density at radius 3 is 3.00 bits per heavy atom. The van der Waals surface area contributed by atoms with Crippen LogP contribution in [0.1, 0.15) is 11.8 Å². The second kappa shape index (κ2) is 3.83. The smallest absolute Gasteiger partial charge is 0.159 e. The van der Waals surface area contributed by atoms with Gasteiger partial charge in [0.1, 0.15) is 0 Å². The molecule has 60 valence electrons.